The number of nitrogens with zero attached hydrogens (tertiary/aromatic N) is 1. The number of halogens is 2. The zero-order chi connectivity index (χ0) is 14.1. The van der Waals surface area contributed by atoms with Gasteiger partial charge in [0, 0.05) is 26.1 Å². The van der Waals surface area contributed by atoms with Crippen molar-refractivity contribution in [3.8, 4) is 5.88 Å². The van der Waals surface area contributed by atoms with E-state index in [4.69, 9.17) is 0 Å². The van der Waals surface area contributed by atoms with E-state index < -0.39 is 0 Å². The van der Waals surface area contributed by atoms with Gasteiger partial charge in [0.2, 0.25) is 0 Å². The Balaban J connectivity index is 2.06. The van der Waals surface area contributed by atoms with Gasteiger partial charge in [0.15, 0.2) is 5.88 Å². The van der Waals surface area contributed by atoms with Crippen LogP contribution in [-0.4, -0.2) is 16.3 Å². The molecule has 0 aliphatic carbocycles. The van der Waals surface area contributed by atoms with E-state index >= 15 is 0 Å². The highest BCUT2D eigenvalue weighted by molar-refractivity contribution is 9.10. The zero-order valence-corrected chi connectivity index (χ0v) is 13.4. The number of aromatic amines is 1. The maximum atomic E-state index is 9.99. The fourth-order valence-electron chi connectivity index (χ4n) is 2.00. The second kappa shape index (κ2) is 5.42. The van der Waals surface area contributed by atoms with Gasteiger partial charge in [0.1, 0.15) is 0 Å². The van der Waals surface area contributed by atoms with E-state index in [1.165, 1.54) is 0 Å². The van der Waals surface area contributed by atoms with E-state index in [0.29, 0.717) is 5.56 Å². The van der Waals surface area contributed by atoms with Crippen LogP contribution in [0.1, 0.15) is 5.56 Å². The van der Waals surface area contributed by atoms with E-state index in [1.54, 1.807) is 6.21 Å². The normalized spacial score (nSPS) is 11.5. The Morgan fingerprint density at radius 3 is 2.65 bits per heavy atom. The molecule has 2 aromatic carbocycles. The van der Waals surface area contributed by atoms with Crippen molar-refractivity contribution in [3.05, 3.63) is 57.0 Å². The molecule has 0 saturated heterocycles. The number of nitrogens with one attached hydrogen (secondary N) is 1. The lowest BCUT2D eigenvalue weighted by Crippen LogP contribution is -1.79. The van der Waals surface area contributed by atoms with Gasteiger partial charge in [-0.3, -0.25) is 4.99 Å². The first-order valence-corrected chi connectivity index (χ1v) is 7.52. The van der Waals surface area contributed by atoms with Crippen LogP contribution < -0.4 is 0 Å². The number of benzene rings is 2. The van der Waals surface area contributed by atoms with Crippen LogP contribution in [0.2, 0.25) is 0 Å². The third kappa shape index (κ3) is 2.64. The van der Waals surface area contributed by atoms with Gasteiger partial charge >= 0.3 is 0 Å². The van der Waals surface area contributed by atoms with Gasteiger partial charge < -0.3 is 10.1 Å². The average molecular weight is 394 g/mol. The van der Waals surface area contributed by atoms with Crippen molar-refractivity contribution in [2.45, 2.75) is 0 Å². The second-order valence-corrected chi connectivity index (χ2v) is 6.15. The third-order valence-corrected chi connectivity index (χ3v) is 3.92. The molecule has 3 rings (SSSR count). The topological polar surface area (TPSA) is 48.4 Å². The Bertz CT molecular complexity index is 809. The highest BCUT2D eigenvalue weighted by atomic mass is 79.9. The standard InChI is InChI=1S/C15H10Br2N2O/c16-9-2-1-3-11(6-9)18-8-13-12-7-10(17)4-5-14(12)19-15(13)20/h1-8,19-20H. The number of aromatic nitrogens is 1. The van der Waals surface area contributed by atoms with Gasteiger partial charge in [0.25, 0.3) is 0 Å². The fourth-order valence-corrected chi connectivity index (χ4v) is 2.75. The molecule has 0 amide bonds. The molecular formula is C15H10Br2N2O. The number of fused-ring (bicyclic) bond motifs is 1. The molecule has 0 fully saturated rings. The lowest BCUT2D eigenvalue weighted by atomic mass is 10.2. The molecule has 20 heavy (non-hydrogen) atoms. The molecule has 1 heterocycles. The van der Waals surface area contributed by atoms with Crippen molar-refractivity contribution in [1.29, 1.82) is 0 Å². The summed E-state index contributed by atoms with van der Waals surface area (Å²) in [6.45, 7) is 0. The highest BCUT2D eigenvalue weighted by Crippen LogP contribution is 2.29. The SMILES string of the molecule is Oc1[nH]c2ccc(Br)cc2c1C=Nc1cccc(Br)c1. The van der Waals surface area contributed by atoms with Crippen LogP contribution in [0, 0.1) is 0 Å². The molecule has 0 atom stereocenters. The Morgan fingerprint density at radius 2 is 1.85 bits per heavy atom. The van der Waals surface area contributed by atoms with Crippen LogP contribution in [0.25, 0.3) is 10.9 Å². The molecule has 1 aromatic heterocycles. The van der Waals surface area contributed by atoms with Crippen LogP contribution in [0.4, 0.5) is 5.69 Å². The van der Waals surface area contributed by atoms with Crippen molar-refractivity contribution in [1.82, 2.24) is 4.98 Å². The number of H-pyrrole nitrogens is 1. The summed E-state index contributed by atoms with van der Waals surface area (Å²) in [6.07, 6.45) is 1.67. The van der Waals surface area contributed by atoms with Crippen LogP contribution >= 0.6 is 31.9 Å². The highest BCUT2D eigenvalue weighted by Gasteiger charge is 2.08. The molecule has 3 aromatic rings. The van der Waals surface area contributed by atoms with Gasteiger partial charge in [-0.1, -0.05) is 37.9 Å². The van der Waals surface area contributed by atoms with Gasteiger partial charge in [-0.15, -0.1) is 0 Å². The monoisotopic (exact) mass is 392 g/mol. The van der Waals surface area contributed by atoms with Crippen LogP contribution in [0.15, 0.2) is 56.4 Å². The summed E-state index contributed by atoms with van der Waals surface area (Å²) in [6, 6.07) is 13.5. The minimum atomic E-state index is 0.122. The Kier molecular flexibility index (Phi) is 3.63. The second-order valence-electron chi connectivity index (χ2n) is 4.32. The number of hydrogen-bond acceptors (Lipinski definition) is 2. The summed E-state index contributed by atoms with van der Waals surface area (Å²) in [4.78, 5) is 7.34. The summed E-state index contributed by atoms with van der Waals surface area (Å²) >= 11 is 6.84. The number of hydrogen-bond donors (Lipinski definition) is 2. The van der Waals surface area contributed by atoms with E-state index in [-0.39, 0.29) is 5.88 Å². The summed E-state index contributed by atoms with van der Waals surface area (Å²) in [5.41, 5.74) is 2.38. The molecule has 0 aliphatic rings. The van der Waals surface area contributed by atoms with E-state index in [0.717, 1.165) is 25.5 Å². The van der Waals surface area contributed by atoms with Crippen molar-refractivity contribution in [2.24, 2.45) is 4.99 Å². The zero-order valence-electron chi connectivity index (χ0n) is 10.3. The average Bonchev–Trinajstić information content (AvgIpc) is 2.72. The predicted octanol–water partition coefficient (Wildman–Crippen LogP) is 5.15. The quantitative estimate of drug-likeness (QED) is 0.581. The first kappa shape index (κ1) is 13.4. The Morgan fingerprint density at radius 1 is 1.05 bits per heavy atom. The number of aliphatic imine (C=N–C) groups is 1. The molecular weight excluding hydrogens is 384 g/mol. The maximum absolute atomic E-state index is 9.99. The molecule has 0 saturated carbocycles. The van der Waals surface area contributed by atoms with Gasteiger partial charge in [-0.25, -0.2) is 0 Å². The van der Waals surface area contributed by atoms with E-state index in [2.05, 4.69) is 41.8 Å². The maximum Gasteiger partial charge on any atom is 0.198 e. The summed E-state index contributed by atoms with van der Waals surface area (Å²) in [5.74, 6) is 0.122. The first-order chi connectivity index (χ1) is 9.63. The van der Waals surface area contributed by atoms with Crippen molar-refractivity contribution in [3.63, 3.8) is 0 Å². The van der Waals surface area contributed by atoms with E-state index in [1.807, 2.05) is 42.5 Å². The molecule has 0 radical (unpaired) electrons. The predicted molar refractivity (Wildman–Crippen MR) is 89.1 cm³/mol. The fraction of sp³-hybridized carbons (Fsp3) is 0. The number of rotatable bonds is 2. The summed E-state index contributed by atoms with van der Waals surface area (Å²) < 4.78 is 1.93. The first-order valence-electron chi connectivity index (χ1n) is 5.93. The van der Waals surface area contributed by atoms with Crippen molar-refractivity contribution < 1.29 is 5.11 Å². The molecule has 0 bridgehead atoms. The minimum Gasteiger partial charge on any atom is -0.494 e. The number of aromatic hydroxyl groups is 1. The molecule has 0 spiro atoms. The van der Waals surface area contributed by atoms with Crippen LogP contribution in [0.3, 0.4) is 0 Å². The molecule has 0 aliphatic heterocycles. The Hall–Kier alpha value is -1.59. The lowest BCUT2D eigenvalue weighted by Gasteiger charge is -1.96. The van der Waals surface area contributed by atoms with Gasteiger partial charge in [-0.05, 0) is 36.4 Å². The third-order valence-electron chi connectivity index (χ3n) is 2.93. The summed E-state index contributed by atoms with van der Waals surface area (Å²) in [5, 5.41) is 10.9. The van der Waals surface area contributed by atoms with Gasteiger partial charge in [-0.2, -0.15) is 0 Å². The molecule has 100 valence electrons. The Labute approximate surface area is 132 Å². The van der Waals surface area contributed by atoms with Crippen molar-refractivity contribution in [2.75, 3.05) is 0 Å². The van der Waals surface area contributed by atoms with Crippen LogP contribution in [0.5, 0.6) is 5.88 Å². The molecule has 0 unspecified atom stereocenters. The summed E-state index contributed by atoms with van der Waals surface area (Å²) in [7, 11) is 0. The van der Waals surface area contributed by atoms with Crippen molar-refractivity contribution >= 4 is 54.7 Å². The lowest BCUT2D eigenvalue weighted by molar-refractivity contribution is 0.457. The molecule has 3 nitrogen and oxygen atoms in total. The largest absolute Gasteiger partial charge is 0.494 e. The smallest absolute Gasteiger partial charge is 0.198 e. The molecule has 5 heteroatoms. The minimum absolute atomic E-state index is 0.122. The van der Waals surface area contributed by atoms with Gasteiger partial charge in [0.05, 0.1) is 11.3 Å². The van der Waals surface area contributed by atoms with Crippen LogP contribution in [-0.2, 0) is 0 Å². The molecule has 2 N–H and O–H groups in total. The van der Waals surface area contributed by atoms with E-state index in [9.17, 15) is 5.11 Å².